The van der Waals surface area contributed by atoms with E-state index in [9.17, 15) is 15.0 Å². The molecule has 2 saturated carbocycles. The van der Waals surface area contributed by atoms with Gasteiger partial charge in [0.25, 0.3) is 0 Å². The van der Waals surface area contributed by atoms with E-state index in [1.807, 2.05) is 13.0 Å². The van der Waals surface area contributed by atoms with Crippen molar-refractivity contribution < 1.29 is 29.2 Å². The number of benzene rings is 1. The van der Waals surface area contributed by atoms with Crippen molar-refractivity contribution in [2.75, 3.05) is 21.3 Å². The lowest BCUT2D eigenvalue weighted by Crippen LogP contribution is -2.62. The number of aromatic hydroxyl groups is 1. The van der Waals surface area contributed by atoms with Crippen LogP contribution in [0, 0.1) is 11.3 Å². The summed E-state index contributed by atoms with van der Waals surface area (Å²) < 4.78 is 16.4. The summed E-state index contributed by atoms with van der Waals surface area (Å²) in [7, 11) is 4.43. The van der Waals surface area contributed by atoms with Crippen LogP contribution in [0.2, 0.25) is 0 Å². The molecule has 0 unspecified atom stereocenters. The predicted molar refractivity (Wildman–Crippen MR) is 100.0 cm³/mol. The quantitative estimate of drug-likeness (QED) is 0.742. The van der Waals surface area contributed by atoms with Crippen LogP contribution in [0.5, 0.6) is 11.5 Å². The van der Waals surface area contributed by atoms with Crippen molar-refractivity contribution in [2.45, 2.75) is 43.5 Å². The average Bonchev–Trinajstić information content (AvgIpc) is 2.79. The van der Waals surface area contributed by atoms with Crippen LogP contribution in [-0.4, -0.2) is 55.1 Å². The predicted octanol–water partition coefficient (Wildman–Crippen LogP) is 2.43. The Morgan fingerprint density at radius 3 is 2.56 bits per heavy atom. The normalized spacial score (nSPS) is 38.0. The molecule has 1 aromatic rings. The van der Waals surface area contributed by atoms with E-state index in [1.165, 1.54) is 21.3 Å². The number of hydrogen-bond acceptors (Lipinski definition) is 6. The number of ether oxygens (including phenoxy) is 3. The first-order valence-electron chi connectivity index (χ1n) is 9.12. The Balaban J connectivity index is 2.22. The van der Waals surface area contributed by atoms with E-state index in [2.05, 4.69) is 6.58 Å². The third kappa shape index (κ3) is 2.47. The number of methoxy groups -OCH3 is 3. The summed E-state index contributed by atoms with van der Waals surface area (Å²) in [6, 6.07) is 5.06. The smallest absolute Gasteiger partial charge is 0.196 e. The van der Waals surface area contributed by atoms with E-state index in [1.54, 1.807) is 18.2 Å². The molecule has 6 heteroatoms. The molecule has 0 aliphatic heterocycles. The number of aliphatic hydroxyl groups is 1. The van der Waals surface area contributed by atoms with Crippen molar-refractivity contribution in [1.82, 2.24) is 0 Å². The monoisotopic (exact) mass is 376 g/mol. The Hall–Kier alpha value is -1.89. The highest BCUT2D eigenvalue weighted by Gasteiger charge is 2.74. The van der Waals surface area contributed by atoms with Gasteiger partial charge in [0.05, 0.1) is 13.2 Å². The molecule has 0 aromatic heterocycles. The SMILES string of the molecule is C=CC[C@]12C[C@H](OC)C(=O)[C@](OC)([C@H](c3ccc(OC)c(O)c3)[C@H]1C)[C@H]2O. The second-order valence-electron chi connectivity index (χ2n) is 7.62. The molecule has 2 aliphatic carbocycles. The van der Waals surface area contributed by atoms with E-state index in [0.29, 0.717) is 18.6 Å². The largest absolute Gasteiger partial charge is 0.504 e. The molecule has 2 fully saturated rings. The standard InChI is InChI=1S/C21H28O6/c1-6-9-20-11-16(26-4)18(23)21(27-5,19(20)24)17(12(20)2)13-7-8-15(25-3)14(22)10-13/h6-8,10,12,16-17,19,22,24H,1,9,11H2,2-5H3/t12-,16+,17+,19+,20+,21-/m1/s1. The number of aliphatic hydroxyl groups excluding tert-OH is 1. The maximum absolute atomic E-state index is 13.3. The van der Waals surface area contributed by atoms with E-state index >= 15 is 0 Å². The lowest BCUT2D eigenvalue weighted by Gasteiger charge is -2.46. The van der Waals surface area contributed by atoms with Crippen molar-refractivity contribution in [3.8, 4) is 11.5 Å². The molecule has 0 amide bonds. The number of ketones is 1. The number of Topliss-reactive ketones (excluding diaryl/α,β-unsaturated/α-hetero) is 1. The second-order valence-corrected chi connectivity index (χ2v) is 7.62. The van der Waals surface area contributed by atoms with Crippen molar-refractivity contribution in [3.05, 3.63) is 36.4 Å². The Morgan fingerprint density at radius 1 is 1.33 bits per heavy atom. The van der Waals surface area contributed by atoms with Gasteiger partial charge < -0.3 is 24.4 Å². The summed E-state index contributed by atoms with van der Waals surface area (Å²) >= 11 is 0. The van der Waals surface area contributed by atoms with Gasteiger partial charge in [-0.1, -0.05) is 19.1 Å². The fourth-order valence-electron chi connectivity index (χ4n) is 5.44. The van der Waals surface area contributed by atoms with Gasteiger partial charge in [-0.25, -0.2) is 0 Å². The maximum Gasteiger partial charge on any atom is 0.196 e. The van der Waals surface area contributed by atoms with E-state index < -0.39 is 29.1 Å². The lowest BCUT2D eigenvalue weighted by atomic mass is 9.65. The van der Waals surface area contributed by atoms with E-state index in [4.69, 9.17) is 14.2 Å². The zero-order valence-corrected chi connectivity index (χ0v) is 16.3. The fraction of sp³-hybridized carbons (Fsp3) is 0.571. The van der Waals surface area contributed by atoms with E-state index in [-0.39, 0.29) is 17.5 Å². The molecule has 2 bridgehead atoms. The highest BCUT2D eigenvalue weighted by Crippen LogP contribution is 2.65. The summed E-state index contributed by atoms with van der Waals surface area (Å²) in [4.78, 5) is 13.3. The lowest BCUT2D eigenvalue weighted by molar-refractivity contribution is -0.187. The van der Waals surface area contributed by atoms with Crippen LogP contribution in [0.1, 0.15) is 31.2 Å². The van der Waals surface area contributed by atoms with Crippen LogP contribution in [0.4, 0.5) is 0 Å². The molecule has 148 valence electrons. The number of carbonyl (C=O) groups is 1. The summed E-state index contributed by atoms with van der Waals surface area (Å²) in [6.45, 7) is 5.87. The third-order valence-corrected chi connectivity index (χ3v) is 6.77. The van der Waals surface area contributed by atoms with Gasteiger partial charge in [-0.05, 0) is 36.5 Å². The van der Waals surface area contributed by atoms with Crippen LogP contribution < -0.4 is 4.74 Å². The molecule has 1 aromatic carbocycles. The minimum absolute atomic E-state index is 0.0158. The Labute approximate surface area is 159 Å². The van der Waals surface area contributed by atoms with Crippen molar-refractivity contribution >= 4 is 5.78 Å². The van der Waals surface area contributed by atoms with Crippen molar-refractivity contribution in [3.63, 3.8) is 0 Å². The first kappa shape index (κ1) is 19.9. The maximum atomic E-state index is 13.3. The van der Waals surface area contributed by atoms with Crippen LogP contribution in [0.3, 0.4) is 0 Å². The minimum atomic E-state index is -1.44. The highest BCUT2D eigenvalue weighted by atomic mass is 16.5. The highest BCUT2D eigenvalue weighted by molar-refractivity contribution is 5.95. The first-order chi connectivity index (χ1) is 12.8. The number of hydrogen-bond donors (Lipinski definition) is 2. The molecular weight excluding hydrogens is 348 g/mol. The van der Waals surface area contributed by atoms with Crippen LogP contribution >= 0.6 is 0 Å². The average molecular weight is 376 g/mol. The molecule has 0 radical (unpaired) electrons. The molecule has 0 saturated heterocycles. The number of phenols is 1. The number of fused-ring (bicyclic) bond motifs is 2. The van der Waals surface area contributed by atoms with Crippen LogP contribution in [0.25, 0.3) is 0 Å². The van der Waals surface area contributed by atoms with Crippen LogP contribution in [0.15, 0.2) is 30.9 Å². The minimum Gasteiger partial charge on any atom is -0.504 e. The summed E-state index contributed by atoms with van der Waals surface area (Å²) in [5, 5.41) is 21.6. The zero-order chi connectivity index (χ0) is 20.0. The van der Waals surface area contributed by atoms with Gasteiger partial charge in [-0.3, -0.25) is 4.79 Å². The molecule has 27 heavy (non-hydrogen) atoms. The number of phenolic OH excluding ortho intramolecular Hbond substituents is 1. The molecule has 6 atom stereocenters. The fourth-order valence-corrected chi connectivity index (χ4v) is 5.44. The molecule has 3 rings (SSSR count). The van der Waals surface area contributed by atoms with Gasteiger partial charge >= 0.3 is 0 Å². The van der Waals surface area contributed by atoms with Crippen LogP contribution in [-0.2, 0) is 14.3 Å². The van der Waals surface area contributed by atoms with Crippen molar-refractivity contribution in [1.29, 1.82) is 0 Å². The molecule has 0 heterocycles. The Morgan fingerprint density at radius 2 is 2.04 bits per heavy atom. The Kier molecular flexibility index (Phi) is 5.10. The summed E-state index contributed by atoms with van der Waals surface area (Å²) in [6.07, 6.45) is 1.05. The molecule has 2 aliphatic rings. The third-order valence-electron chi connectivity index (χ3n) is 6.77. The van der Waals surface area contributed by atoms with Gasteiger partial charge in [-0.15, -0.1) is 6.58 Å². The zero-order valence-electron chi connectivity index (χ0n) is 16.3. The summed E-state index contributed by atoms with van der Waals surface area (Å²) in [5.41, 5.74) is -1.33. The number of carbonyl (C=O) groups excluding carboxylic acids is 1. The summed E-state index contributed by atoms with van der Waals surface area (Å²) in [5.74, 6) is -0.479. The van der Waals surface area contributed by atoms with Crippen molar-refractivity contribution in [2.24, 2.45) is 11.3 Å². The number of rotatable bonds is 6. The van der Waals surface area contributed by atoms with Gasteiger partial charge in [0.2, 0.25) is 0 Å². The Bertz CT molecular complexity index is 746. The number of allylic oxidation sites excluding steroid dienone is 1. The van der Waals surface area contributed by atoms with Gasteiger partial charge in [0.15, 0.2) is 22.9 Å². The molecule has 2 N–H and O–H groups in total. The van der Waals surface area contributed by atoms with E-state index in [0.717, 1.165) is 5.56 Å². The van der Waals surface area contributed by atoms with Gasteiger partial charge in [-0.2, -0.15) is 0 Å². The molecular formula is C21H28O6. The molecule has 0 spiro atoms. The second kappa shape index (κ2) is 6.93. The topological polar surface area (TPSA) is 85.2 Å². The van der Waals surface area contributed by atoms with Gasteiger partial charge in [0.1, 0.15) is 6.10 Å². The first-order valence-corrected chi connectivity index (χ1v) is 9.12. The molecule has 6 nitrogen and oxygen atoms in total. The van der Waals surface area contributed by atoms with Gasteiger partial charge in [0, 0.05) is 25.6 Å².